The molecule has 1 aliphatic heterocycles. The molecule has 3 rings (SSSR count). The van der Waals surface area contributed by atoms with E-state index in [0.29, 0.717) is 11.4 Å². The molecule has 5 heteroatoms. The number of nitrogens with one attached hydrogen (secondary N) is 1. The van der Waals surface area contributed by atoms with E-state index in [-0.39, 0.29) is 5.91 Å². The summed E-state index contributed by atoms with van der Waals surface area (Å²) in [5.41, 5.74) is 6.98. The number of benzene rings is 1. The molecule has 0 aliphatic carbocycles. The van der Waals surface area contributed by atoms with E-state index in [4.69, 9.17) is 5.73 Å². The lowest BCUT2D eigenvalue weighted by Gasteiger charge is -2.27. The zero-order valence-electron chi connectivity index (χ0n) is 10.6. The van der Waals surface area contributed by atoms with Gasteiger partial charge in [0.1, 0.15) is 5.69 Å². The first-order valence-corrected chi connectivity index (χ1v) is 6.40. The standard InChI is InChI=1S/C14H16N4O/c15-11-1-2-12-10(9-11)3-4-17-13(12)14(19)18-7-5-16-6-8-18/h1-4,9,16H,5-8,15H2. The minimum atomic E-state index is -0.00290. The molecule has 0 saturated carbocycles. The quantitative estimate of drug-likeness (QED) is 0.742. The van der Waals surface area contributed by atoms with Crippen molar-refractivity contribution in [1.29, 1.82) is 0 Å². The zero-order valence-corrected chi connectivity index (χ0v) is 10.6. The van der Waals surface area contributed by atoms with Gasteiger partial charge in [0.05, 0.1) is 0 Å². The molecule has 3 N–H and O–H groups in total. The molecule has 1 saturated heterocycles. The number of nitrogens with zero attached hydrogens (tertiary/aromatic N) is 2. The van der Waals surface area contributed by atoms with Crippen LogP contribution in [0.4, 0.5) is 5.69 Å². The third-order valence-electron chi connectivity index (χ3n) is 3.40. The number of pyridine rings is 1. The monoisotopic (exact) mass is 256 g/mol. The SMILES string of the molecule is Nc1ccc2c(C(=O)N3CCNCC3)nccc2c1. The molecule has 98 valence electrons. The number of hydrogen-bond acceptors (Lipinski definition) is 4. The van der Waals surface area contributed by atoms with Gasteiger partial charge in [-0.1, -0.05) is 0 Å². The van der Waals surface area contributed by atoms with Gasteiger partial charge < -0.3 is 16.0 Å². The van der Waals surface area contributed by atoms with Crippen LogP contribution in [0.1, 0.15) is 10.5 Å². The smallest absolute Gasteiger partial charge is 0.273 e. The molecule has 0 atom stereocenters. The molecular formula is C14H16N4O. The fourth-order valence-corrected chi connectivity index (χ4v) is 2.38. The maximum atomic E-state index is 12.5. The third kappa shape index (κ3) is 2.24. The van der Waals surface area contributed by atoms with E-state index in [2.05, 4.69) is 10.3 Å². The van der Waals surface area contributed by atoms with E-state index < -0.39 is 0 Å². The van der Waals surface area contributed by atoms with E-state index in [1.807, 2.05) is 23.1 Å². The number of hydrogen-bond donors (Lipinski definition) is 2. The molecule has 1 aliphatic rings. The molecule has 5 nitrogen and oxygen atoms in total. The van der Waals surface area contributed by atoms with Gasteiger partial charge in [0.15, 0.2) is 0 Å². The highest BCUT2D eigenvalue weighted by molar-refractivity contribution is 6.05. The Labute approximate surface area is 111 Å². The Morgan fingerprint density at radius 2 is 2.05 bits per heavy atom. The Bertz CT molecular complexity index is 620. The fourth-order valence-electron chi connectivity index (χ4n) is 2.38. The molecule has 2 aromatic rings. The van der Waals surface area contributed by atoms with Crippen molar-refractivity contribution in [2.75, 3.05) is 31.9 Å². The van der Waals surface area contributed by atoms with Crippen LogP contribution in [0.3, 0.4) is 0 Å². The normalized spacial score (nSPS) is 15.7. The maximum Gasteiger partial charge on any atom is 0.273 e. The maximum absolute atomic E-state index is 12.5. The van der Waals surface area contributed by atoms with E-state index >= 15 is 0 Å². The van der Waals surface area contributed by atoms with Crippen molar-refractivity contribution in [1.82, 2.24) is 15.2 Å². The first-order valence-electron chi connectivity index (χ1n) is 6.40. The lowest BCUT2D eigenvalue weighted by Crippen LogP contribution is -2.46. The Morgan fingerprint density at radius 1 is 1.26 bits per heavy atom. The van der Waals surface area contributed by atoms with E-state index in [9.17, 15) is 4.79 Å². The number of carbonyl (C=O) groups excluding carboxylic acids is 1. The predicted molar refractivity (Wildman–Crippen MR) is 74.9 cm³/mol. The summed E-state index contributed by atoms with van der Waals surface area (Å²) < 4.78 is 0. The number of fused-ring (bicyclic) bond motifs is 1. The van der Waals surface area contributed by atoms with Gasteiger partial charge in [0.2, 0.25) is 0 Å². The van der Waals surface area contributed by atoms with Crippen LogP contribution in [0.15, 0.2) is 30.5 Å². The van der Waals surface area contributed by atoms with Crippen LogP contribution in [-0.4, -0.2) is 42.0 Å². The first-order chi connectivity index (χ1) is 9.25. The molecule has 0 spiro atoms. The van der Waals surface area contributed by atoms with Gasteiger partial charge in [-0.3, -0.25) is 9.78 Å². The van der Waals surface area contributed by atoms with Crippen molar-refractivity contribution in [3.63, 3.8) is 0 Å². The van der Waals surface area contributed by atoms with Gasteiger partial charge in [-0.05, 0) is 29.7 Å². The second kappa shape index (κ2) is 4.85. The zero-order chi connectivity index (χ0) is 13.2. The van der Waals surface area contributed by atoms with Crippen molar-refractivity contribution >= 4 is 22.4 Å². The fraction of sp³-hybridized carbons (Fsp3) is 0.286. The molecule has 1 amide bonds. The molecule has 19 heavy (non-hydrogen) atoms. The number of amides is 1. The topological polar surface area (TPSA) is 71.2 Å². The summed E-state index contributed by atoms with van der Waals surface area (Å²) in [7, 11) is 0. The molecule has 1 aromatic heterocycles. The summed E-state index contributed by atoms with van der Waals surface area (Å²) in [6.45, 7) is 3.13. The Morgan fingerprint density at radius 3 is 2.84 bits per heavy atom. The van der Waals surface area contributed by atoms with Gasteiger partial charge in [-0.2, -0.15) is 0 Å². The number of anilines is 1. The number of aromatic nitrogens is 1. The summed E-state index contributed by atoms with van der Waals surface area (Å²) in [5.74, 6) is -0.00290. The van der Waals surface area contributed by atoms with Crippen LogP contribution in [0, 0.1) is 0 Å². The highest BCUT2D eigenvalue weighted by Gasteiger charge is 2.20. The number of piperazine rings is 1. The molecule has 0 radical (unpaired) electrons. The number of rotatable bonds is 1. The summed E-state index contributed by atoms with van der Waals surface area (Å²) >= 11 is 0. The number of nitrogen functional groups attached to an aromatic ring is 1. The van der Waals surface area contributed by atoms with Crippen molar-refractivity contribution < 1.29 is 4.79 Å². The van der Waals surface area contributed by atoms with E-state index in [0.717, 1.165) is 37.0 Å². The minimum Gasteiger partial charge on any atom is -0.399 e. The molecular weight excluding hydrogens is 240 g/mol. The van der Waals surface area contributed by atoms with Crippen molar-refractivity contribution in [2.24, 2.45) is 0 Å². The van der Waals surface area contributed by atoms with E-state index in [1.54, 1.807) is 12.3 Å². The molecule has 2 heterocycles. The van der Waals surface area contributed by atoms with Crippen LogP contribution in [0.2, 0.25) is 0 Å². The highest BCUT2D eigenvalue weighted by Crippen LogP contribution is 2.20. The summed E-state index contributed by atoms with van der Waals surface area (Å²) in [6, 6.07) is 7.41. The number of carbonyl (C=O) groups is 1. The van der Waals surface area contributed by atoms with Crippen LogP contribution >= 0.6 is 0 Å². The molecule has 1 fully saturated rings. The average Bonchev–Trinajstić information content (AvgIpc) is 2.46. The van der Waals surface area contributed by atoms with Crippen molar-refractivity contribution in [3.8, 4) is 0 Å². The average molecular weight is 256 g/mol. The minimum absolute atomic E-state index is 0.00290. The van der Waals surface area contributed by atoms with Crippen LogP contribution in [0.5, 0.6) is 0 Å². The highest BCUT2D eigenvalue weighted by atomic mass is 16.2. The van der Waals surface area contributed by atoms with Gasteiger partial charge in [0, 0.05) is 43.4 Å². The van der Waals surface area contributed by atoms with Crippen molar-refractivity contribution in [2.45, 2.75) is 0 Å². The van der Waals surface area contributed by atoms with Crippen LogP contribution < -0.4 is 11.1 Å². The van der Waals surface area contributed by atoms with Gasteiger partial charge in [0.25, 0.3) is 5.91 Å². The van der Waals surface area contributed by atoms with Crippen LogP contribution in [-0.2, 0) is 0 Å². The summed E-state index contributed by atoms with van der Waals surface area (Å²) in [6.07, 6.45) is 1.66. The largest absolute Gasteiger partial charge is 0.399 e. The molecule has 0 unspecified atom stereocenters. The molecule has 0 bridgehead atoms. The van der Waals surface area contributed by atoms with Gasteiger partial charge in [-0.15, -0.1) is 0 Å². The lowest BCUT2D eigenvalue weighted by molar-refractivity contribution is 0.0732. The first kappa shape index (κ1) is 11.9. The Kier molecular flexibility index (Phi) is 3.05. The van der Waals surface area contributed by atoms with Gasteiger partial charge >= 0.3 is 0 Å². The van der Waals surface area contributed by atoms with Crippen LogP contribution in [0.25, 0.3) is 10.8 Å². The van der Waals surface area contributed by atoms with Crippen molar-refractivity contribution in [3.05, 3.63) is 36.2 Å². The Hall–Kier alpha value is -2.14. The van der Waals surface area contributed by atoms with E-state index in [1.165, 1.54) is 0 Å². The summed E-state index contributed by atoms with van der Waals surface area (Å²) in [5, 5.41) is 5.05. The molecule has 1 aromatic carbocycles. The number of nitrogens with two attached hydrogens (primary N) is 1. The second-order valence-corrected chi connectivity index (χ2v) is 4.68. The predicted octanol–water partition coefficient (Wildman–Crippen LogP) is 0.862. The second-order valence-electron chi connectivity index (χ2n) is 4.68. The summed E-state index contributed by atoms with van der Waals surface area (Å²) in [4.78, 5) is 18.6. The van der Waals surface area contributed by atoms with Gasteiger partial charge in [-0.25, -0.2) is 0 Å². The Balaban J connectivity index is 2.02. The third-order valence-corrected chi connectivity index (χ3v) is 3.40. The lowest BCUT2D eigenvalue weighted by atomic mass is 10.1.